The van der Waals surface area contributed by atoms with E-state index in [4.69, 9.17) is 11.6 Å². The van der Waals surface area contributed by atoms with Gasteiger partial charge in [0, 0.05) is 4.88 Å². The monoisotopic (exact) mass is 256 g/mol. The molecule has 0 aliphatic heterocycles. The smallest absolute Gasteiger partial charge is 0.142 e. The van der Waals surface area contributed by atoms with Crippen molar-refractivity contribution in [3.05, 3.63) is 56.5 Å². The molecule has 0 amide bonds. The molecule has 84 valence electrons. The van der Waals surface area contributed by atoms with Crippen LogP contribution in [-0.2, 0) is 0 Å². The molecule has 0 radical (unpaired) electrons. The number of aliphatic hydroxyl groups excluding tert-OH is 1. The lowest BCUT2D eigenvalue weighted by Gasteiger charge is -2.11. The molecular weight excluding hydrogens is 247 g/mol. The Morgan fingerprint density at radius 2 is 2.12 bits per heavy atom. The zero-order chi connectivity index (χ0) is 11.7. The number of aryl methyl sites for hydroxylation is 1. The Morgan fingerprint density at radius 3 is 2.69 bits per heavy atom. The zero-order valence-corrected chi connectivity index (χ0v) is 10.1. The van der Waals surface area contributed by atoms with Gasteiger partial charge in [-0.1, -0.05) is 17.7 Å². The van der Waals surface area contributed by atoms with Crippen molar-refractivity contribution in [1.82, 2.24) is 0 Å². The Bertz CT molecular complexity index is 509. The fraction of sp³-hybridized carbons (Fsp3) is 0.167. The molecular formula is C12H10ClFOS. The van der Waals surface area contributed by atoms with Gasteiger partial charge in [-0.2, -0.15) is 0 Å². The first kappa shape index (κ1) is 11.6. The fourth-order valence-corrected chi connectivity index (χ4v) is 2.39. The van der Waals surface area contributed by atoms with Crippen molar-refractivity contribution < 1.29 is 9.50 Å². The SMILES string of the molecule is Cc1sccc1C(O)c1ccc(Cl)c(F)c1. The number of benzene rings is 1. The Balaban J connectivity index is 2.38. The Labute approximate surface area is 102 Å². The van der Waals surface area contributed by atoms with Gasteiger partial charge in [-0.25, -0.2) is 4.39 Å². The predicted octanol–water partition coefficient (Wildman–Crippen LogP) is 3.93. The highest BCUT2D eigenvalue weighted by molar-refractivity contribution is 7.10. The summed E-state index contributed by atoms with van der Waals surface area (Å²) in [5.41, 5.74) is 1.33. The maximum atomic E-state index is 13.2. The van der Waals surface area contributed by atoms with Crippen molar-refractivity contribution >= 4 is 22.9 Å². The van der Waals surface area contributed by atoms with E-state index >= 15 is 0 Å². The van der Waals surface area contributed by atoms with Crippen molar-refractivity contribution in [2.45, 2.75) is 13.0 Å². The van der Waals surface area contributed by atoms with Crippen molar-refractivity contribution in [3.8, 4) is 0 Å². The largest absolute Gasteiger partial charge is 0.384 e. The average molecular weight is 257 g/mol. The summed E-state index contributed by atoms with van der Waals surface area (Å²) in [6, 6.07) is 6.20. The minimum Gasteiger partial charge on any atom is -0.384 e. The maximum Gasteiger partial charge on any atom is 0.142 e. The second kappa shape index (κ2) is 4.53. The van der Waals surface area contributed by atoms with E-state index in [1.165, 1.54) is 12.1 Å². The summed E-state index contributed by atoms with van der Waals surface area (Å²) in [6.45, 7) is 1.93. The highest BCUT2D eigenvalue weighted by Gasteiger charge is 2.15. The molecule has 0 aliphatic rings. The maximum absolute atomic E-state index is 13.2. The van der Waals surface area contributed by atoms with Crippen LogP contribution in [-0.4, -0.2) is 5.11 Å². The Hall–Kier alpha value is -0.900. The molecule has 1 N–H and O–H groups in total. The minimum absolute atomic E-state index is 0.0676. The van der Waals surface area contributed by atoms with Crippen LogP contribution in [0.4, 0.5) is 4.39 Å². The van der Waals surface area contributed by atoms with Gasteiger partial charge < -0.3 is 5.11 Å². The van der Waals surface area contributed by atoms with Crippen LogP contribution >= 0.6 is 22.9 Å². The highest BCUT2D eigenvalue weighted by atomic mass is 35.5. The van der Waals surface area contributed by atoms with Crippen LogP contribution in [0.25, 0.3) is 0 Å². The summed E-state index contributed by atoms with van der Waals surface area (Å²) in [7, 11) is 0. The van der Waals surface area contributed by atoms with Gasteiger partial charge in [-0.3, -0.25) is 0 Å². The van der Waals surface area contributed by atoms with Crippen LogP contribution in [0.15, 0.2) is 29.6 Å². The van der Waals surface area contributed by atoms with Gasteiger partial charge >= 0.3 is 0 Å². The van der Waals surface area contributed by atoms with Crippen molar-refractivity contribution in [2.75, 3.05) is 0 Å². The van der Waals surface area contributed by atoms with Gasteiger partial charge in [0.2, 0.25) is 0 Å². The predicted molar refractivity (Wildman–Crippen MR) is 64.5 cm³/mol. The van der Waals surface area contributed by atoms with E-state index < -0.39 is 11.9 Å². The van der Waals surface area contributed by atoms with Gasteiger partial charge in [-0.05, 0) is 41.6 Å². The Kier molecular flexibility index (Phi) is 3.28. The molecule has 0 bridgehead atoms. The van der Waals surface area contributed by atoms with E-state index in [0.717, 1.165) is 10.4 Å². The zero-order valence-electron chi connectivity index (χ0n) is 8.58. The first-order valence-corrected chi connectivity index (χ1v) is 6.02. The van der Waals surface area contributed by atoms with E-state index in [1.54, 1.807) is 17.4 Å². The number of hydrogen-bond donors (Lipinski definition) is 1. The number of aliphatic hydroxyl groups is 1. The fourth-order valence-electron chi connectivity index (χ4n) is 1.54. The number of halogens is 2. The molecule has 0 aliphatic carbocycles. The third kappa shape index (κ3) is 2.12. The van der Waals surface area contributed by atoms with Gasteiger partial charge in [0.1, 0.15) is 11.9 Å². The van der Waals surface area contributed by atoms with Gasteiger partial charge in [0.25, 0.3) is 0 Å². The lowest BCUT2D eigenvalue weighted by molar-refractivity contribution is 0.219. The second-order valence-corrected chi connectivity index (χ2v) is 5.04. The second-order valence-electron chi connectivity index (χ2n) is 3.51. The van der Waals surface area contributed by atoms with Crippen molar-refractivity contribution in [2.24, 2.45) is 0 Å². The first-order chi connectivity index (χ1) is 7.59. The Morgan fingerprint density at radius 1 is 1.38 bits per heavy atom. The van der Waals surface area contributed by atoms with Crippen LogP contribution in [0.2, 0.25) is 5.02 Å². The first-order valence-electron chi connectivity index (χ1n) is 4.76. The molecule has 1 atom stereocenters. The molecule has 1 aromatic carbocycles. The molecule has 0 saturated heterocycles. The molecule has 1 aromatic heterocycles. The third-order valence-corrected chi connectivity index (χ3v) is 3.62. The van der Waals surface area contributed by atoms with E-state index in [9.17, 15) is 9.50 Å². The molecule has 1 heterocycles. The summed E-state index contributed by atoms with van der Waals surface area (Å²) < 4.78 is 13.2. The van der Waals surface area contributed by atoms with E-state index in [2.05, 4.69) is 0 Å². The molecule has 1 nitrogen and oxygen atoms in total. The van der Waals surface area contributed by atoms with Crippen LogP contribution in [0.3, 0.4) is 0 Å². The van der Waals surface area contributed by atoms with Crippen LogP contribution < -0.4 is 0 Å². The summed E-state index contributed by atoms with van der Waals surface area (Å²) in [5.74, 6) is -0.508. The van der Waals surface area contributed by atoms with E-state index in [0.29, 0.717) is 5.56 Å². The van der Waals surface area contributed by atoms with Gasteiger partial charge in [0.05, 0.1) is 5.02 Å². The van der Waals surface area contributed by atoms with E-state index in [-0.39, 0.29) is 5.02 Å². The minimum atomic E-state index is -0.794. The lowest BCUT2D eigenvalue weighted by atomic mass is 10.0. The summed E-state index contributed by atoms with van der Waals surface area (Å²) in [6.07, 6.45) is -0.794. The molecule has 0 spiro atoms. The van der Waals surface area contributed by atoms with E-state index in [1.807, 2.05) is 18.4 Å². The molecule has 0 saturated carbocycles. The number of rotatable bonds is 2. The van der Waals surface area contributed by atoms with Crippen LogP contribution in [0.5, 0.6) is 0 Å². The van der Waals surface area contributed by atoms with Gasteiger partial charge in [0.15, 0.2) is 0 Å². The summed E-state index contributed by atoms with van der Waals surface area (Å²) >= 11 is 7.14. The van der Waals surface area contributed by atoms with Crippen LogP contribution in [0.1, 0.15) is 22.1 Å². The topological polar surface area (TPSA) is 20.2 Å². The molecule has 2 rings (SSSR count). The molecule has 16 heavy (non-hydrogen) atoms. The number of hydrogen-bond acceptors (Lipinski definition) is 2. The van der Waals surface area contributed by atoms with Crippen molar-refractivity contribution in [1.29, 1.82) is 0 Å². The quantitative estimate of drug-likeness (QED) is 0.863. The average Bonchev–Trinajstić information content (AvgIpc) is 2.67. The summed E-state index contributed by atoms with van der Waals surface area (Å²) in [5, 5.41) is 12.0. The highest BCUT2D eigenvalue weighted by Crippen LogP contribution is 2.29. The lowest BCUT2D eigenvalue weighted by Crippen LogP contribution is -2.00. The normalized spacial score (nSPS) is 12.8. The summed E-state index contributed by atoms with van der Waals surface area (Å²) in [4.78, 5) is 1.03. The molecule has 4 heteroatoms. The number of thiophene rings is 1. The van der Waals surface area contributed by atoms with Gasteiger partial charge in [-0.15, -0.1) is 11.3 Å². The molecule has 0 fully saturated rings. The third-order valence-electron chi connectivity index (χ3n) is 2.45. The molecule has 1 unspecified atom stereocenters. The van der Waals surface area contributed by atoms with Crippen molar-refractivity contribution in [3.63, 3.8) is 0 Å². The molecule has 2 aromatic rings. The van der Waals surface area contributed by atoms with Crippen LogP contribution in [0, 0.1) is 12.7 Å². The standard InChI is InChI=1S/C12H10ClFOS/c1-7-9(4-5-16-7)12(15)8-2-3-10(13)11(14)6-8/h2-6,12,15H,1H3.